The molecule has 2 fully saturated rings. The Morgan fingerprint density at radius 1 is 0.941 bits per heavy atom. The number of nitrogens with zero attached hydrogens (tertiary/aromatic N) is 2. The van der Waals surface area contributed by atoms with E-state index in [2.05, 4.69) is 37.5 Å². The molecule has 2 nitrogen and oxygen atoms in total. The van der Waals surface area contributed by atoms with Crippen molar-refractivity contribution in [2.24, 2.45) is 5.92 Å². The summed E-state index contributed by atoms with van der Waals surface area (Å²) >= 11 is 0. The van der Waals surface area contributed by atoms with Gasteiger partial charge in [0.15, 0.2) is 0 Å². The summed E-state index contributed by atoms with van der Waals surface area (Å²) in [7, 11) is 0. The van der Waals surface area contributed by atoms with Crippen molar-refractivity contribution in [1.82, 2.24) is 9.80 Å². The van der Waals surface area contributed by atoms with Gasteiger partial charge in [-0.15, -0.1) is 0 Å². The summed E-state index contributed by atoms with van der Waals surface area (Å²) in [6.45, 7) is 14.9. The lowest BCUT2D eigenvalue weighted by Crippen LogP contribution is -2.52. The number of hydrogen-bond acceptors (Lipinski definition) is 2. The van der Waals surface area contributed by atoms with Crippen LogP contribution in [-0.4, -0.2) is 47.6 Å². The minimum atomic E-state index is 0.430. The van der Waals surface area contributed by atoms with Gasteiger partial charge in [-0.3, -0.25) is 4.90 Å². The average Bonchev–Trinajstić information content (AvgIpc) is 2.83. The van der Waals surface area contributed by atoms with Gasteiger partial charge in [0.2, 0.25) is 0 Å². The SMILES string of the molecule is CC(C)N1CCC(C(C)(C)N2CCCC2)CC1. The lowest BCUT2D eigenvalue weighted by atomic mass is 9.79. The van der Waals surface area contributed by atoms with Crippen LogP contribution in [0.5, 0.6) is 0 Å². The van der Waals surface area contributed by atoms with Gasteiger partial charge in [-0.05, 0) is 85.5 Å². The molecular formula is C15H30N2. The van der Waals surface area contributed by atoms with Crippen molar-refractivity contribution in [3.05, 3.63) is 0 Å². The molecule has 100 valence electrons. The Kier molecular flexibility index (Phi) is 4.14. The van der Waals surface area contributed by atoms with E-state index >= 15 is 0 Å². The zero-order valence-electron chi connectivity index (χ0n) is 12.2. The zero-order valence-corrected chi connectivity index (χ0v) is 12.2. The van der Waals surface area contributed by atoms with Crippen molar-refractivity contribution in [3.8, 4) is 0 Å². The minimum Gasteiger partial charge on any atom is -0.301 e. The molecule has 0 aromatic rings. The molecular weight excluding hydrogens is 208 g/mol. The standard InChI is InChI=1S/C15H30N2/c1-13(2)16-11-7-14(8-12-16)15(3,4)17-9-5-6-10-17/h13-14H,5-12H2,1-4H3. The third-order valence-corrected chi connectivity index (χ3v) is 5.18. The summed E-state index contributed by atoms with van der Waals surface area (Å²) in [5.41, 5.74) is 0.430. The van der Waals surface area contributed by atoms with Crippen molar-refractivity contribution in [1.29, 1.82) is 0 Å². The van der Waals surface area contributed by atoms with Gasteiger partial charge in [-0.2, -0.15) is 0 Å². The molecule has 2 heteroatoms. The quantitative estimate of drug-likeness (QED) is 0.746. The van der Waals surface area contributed by atoms with E-state index in [9.17, 15) is 0 Å². The Bertz CT molecular complexity index is 233. The first kappa shape index (κ1) is 13.4. The van der Waals surface area contributed by atoms with E-state index in [-0.39, 0.29) is 0 Å². The molecule has 0 bridgehead atoms. The fourth-order valence-electron chi connectivity index (χ4n) is 3.67. The number of hydrogen-bond donors (Lipinski definition) is 0. The van der Waals surface area contributed by atoms with Crippen molar-refractivity contribution in [2.45, 2.75) is 65.0 Å². The van der Waals surface area contributed by atoms with Crippen LogP contribution in [0.3, 0.4) is 0 Å². The normalized spacial score (nSPS) is 25.9. The lowest BCUT2D eigenvalue weighted by Gasteiger charge is -2.46. The van der Waals surface area contributed by atoms with Crippen molar-refractivity contribution < 1.29 is 0 Å². The molecule has 0 aromatic heterocycles. The second-order valence-corrected chi connectivity index (χ2v) is 6.75. The van der Waals surface area contributed by atoms with Gasteiger partial charge in [0.25, 0.3) is 0 Å². The van der Waals surface area contributed by atoms with Crippen LogP contribution in [0.2, 0.25) is 0 Å². The van der Waals surface area contributed by atoms with E-state index in [1.54, 1.807) is 0 Å². The highest BCUT2D eigenvalue weighted by atomic mass is 15.2. The van der Waals surface area contributed by atoms with E-state index in [4.69, 9.17) is 0 Å². The van der Waals surface area contributed by atoms with Gasteiger partial charge in [-0.1, -0.05) is 0 Å². The van der Waals surface area contributed by atoms with Crippen molar-refractivity contribution in [3.63, 3.8) is 0 Å². The van der Waals surface area contributed by atoms with Crippen LogP contribution in [0.4, 0.5) is 0 Å². The highest BCUT2D eigenvalue weighted by molar-refractivity contribution is 4.93. The van der Waals surface area contributed by atoms with Crippen molar-refractivity contribution >= 4 is 0 Å². The monoisotopic (exact) mass is 238 g/mol. The van der Waals surface area contributed by atoms with Crippen molar-refractivity contribution in [2.75, 3.05) is 26.2 Å². The van der Waals surface area contributed by atoms with E-state index < -0.39 is 0 Å². The molecule has 2 aliphatic heterocycles. The van der Waals surface area contributed by atoms with Crippen LogP contribution in [0.25, 0.3) is 0 Å². The first-order chi connectivity index (χ1) is 8.01. The molecule has 2 saturated heterocycles. The average molecular weight is 238 g/mol. The maximum Gasteiger partial charge on any atom is 0.0182 e. The smallest absolute Gasteiger partial charge is 0.0182 e. The highest BCUT2D eigenvalue weighted by Gasteiger charge is 2.38. The van der Waals surface area contributed by atoms with E-state index in [1.165, 1.54) is 51.9 Å². The Morgan fingerprint density at radius 2 is 1.47 bits per heavy atom. The summed E-state index contributed by atoms with van der Waals surface area (Å²) < 4.78 is 0. The molecule has 2 rings (SSSR count). The molecule has 0 N–H and O–H groups in total. The summed E-state index contributed by atoms with van der Waals surface area (Å²) in [4.78, 5) is 5.37. The Hall–Kier alpha value is -0.0800. The molecule has 0 aliphatic carbocycles. The zero-order chi connectivity index (χ0) is 12.5. The van der Waals surface area contributed by atoms with E-state index in [1.807, 2.05) is 0 Å². The third-order valence-electron chi connectivity index (χ3n) is 5.18. The number of piperidine rings is 1. The van der Waals surface area contributed by atoms with E-state index in [0.717, 1.165) is 12.0 Å². The van der Waals surface area contributed by atoms with Crippen LogP contribution in [-0.2, 0) is 0 Å². The summed E-state index contributed by atoms with van der Waals surface area (Å²) in [6, 6.07) is 0.728. The van der Waals surface area contributed by atoms with Gasteiger partial charge in [0.05, 0.1) is 0 Å². The third kappa shape index (κ3) is 2.85. The predicted molar refractivity (Wildman–Crippen MR) is 74.3 cm³/mol. The second-order valence-electron chi connectivity index (χ2n) is 6.75. The number of rotatable bonds is 3. The highest BCUT2D eigenvalue weighted by Crippen LogP contribution is 2.35. The minimum absolute atomic E-state index is 0.430. The predicted octanol–water partition coefficient (Wildman–Crippen LogP) is 2.98. The molecule has 2 aliphatic rings. The topological polar surface area (TPSA) is 6.48 Å². The van der Waals surface area contributed by atoms with Gasteiger partial charge >= 0.3 is 0 Å². The Labute approximate surface area is 107 Å². The molecule has 0 spiro atoms. The first-order valence-corrected chi connectivity index (χ1v) is 7.51. The molecule has 0 saturated carbocycles. The number of likely N-dealkylation sites (tertiary alicyclic amines) is 2. The second kappa shape index (κ2) is 5.27. The van der Waals surface area contributed by atoms with Crippen LogP contribution in [0.1, 0.15) is 53.4 Å². The maximum atomic E-state index is 2.74. The van der Waals surface area contributed by atoms with Crippen LogP contribution < -0.4 is 0 Å². The molecule has 0 amide bonds. The summed E-state index contributed by atoms with van der Waals surface area (Å²) in [6.07, 6.45) is 5.60. The van der Waals surface area contributed by atoms with Crippen LogP contribution in [0.15, 0.2) is 0 Å². The largest absolute Gasteiger partial charge is 0.301 e. The Morgan fingerprint density at radius 3 is 1.94 bits per heavy atom. The molecule has 0 unspecified atom stereocenters. The maximum absolute atomic E-state index is 2.74. The Balaban J connectivity index is 1.90. The summed E-state index contributed by atoms with van der Waals surface area (Å²) in [5, 5.41) is 0. The van der Waals surface area contributed by atoms with Gasteiger partial charge in [-0.25, -0.2) is 0 Å². The van der Waals surface area contributed by atoms with Crippen LogP contribution in [0, 0.1) is 5.92 Å². The van der Waals surface area contributed by atoms with Crippen LogP contribution >= 0.6 is 0 Å². The molecule has 0 atom stereocenters. The lowest BCUT2D eigenvalue weighted by molar-refractivity contribution is 0.0351. The van der Waals surface area contributed by atoms with E-state index in [0.29, 0.717) is 5.54 Å². The van der Waals surface area contributed by atoms with Gasteiger partial charge < -0.3 is 4.90 Å². The summed E-state index contributed by atoms with van der Waals surface area (Å²) in [5.74, 6) is 0.899. The van der Waals surface area contributed by atoms with Gasteiger partial charge in [0, 0.05) is 11.6 Å². The molecule has 0 radical (unpaired) electrons. The fraction of sp³-hybridized carbons (Fsp3) is 1.00. The first-order valence-electron chi connectivity index (χ1n) is 7.51. The van der Waals surface area contributed by atoms with Gasteiger partial charge in [0.1, 0.15) is 0 Å². The molecule has 17 heavy (non-hydrogen) atoms. The molecule has 0 aromatic carbocycles. The molecule has 2 heterocycles. The fourth-order valence-corrected chi connectivity index (χ4v) is 3.67.